The van der Waals surface area contributed by atoms with E-state index in [1.807, 2.05) is 0 Å². The Balaban J connectivity index is 1.53. The predicted octanol–water partition coefficient (Wildman–Crippen LogP) is 4.42. The Labute approximate surface area is 156 Å². The van der Waals surface area contributed by atoms with Gasteiger partial charge >= 0.3 is 11.9 Å². The lowest BCUT2D eigenvalue weighted by Gasteiger charge is -2.63. The van der Waals surface area contributed by atoms with Gasteiger partial charge in [-0.2, -0.15) is 0 Å². The highest BCUT2D eigenvalue weighted by Crippen LogP contribution is 2.63. The van der Waals surface area contributed by atoms with Gasteiger partial charge in [-0.05, 0) is 81.5 Å². The molecule has 26 heavy (non-hydrogen) atoms. The van der Waals surface area contributed by atoms with Crippen LogP contribution in [0.2, 0.25) is 0 Å². The predicted molar refractivity (Wildman–Crippen MR) is 98.2 cm³/mol. The maximum absolute atomic E-state index is 12.7. The van der Waals surface area contributed by atoms with E-state index in [2.05, 4.69) is 6.58 Å². The number of hydrogen-bond acceptors (Lipinski definition) is 4. The third-order valence-corrected chi connectivity index (χ3v) is 7.62. The van der Waals surface area contributed by atoms with Crippen molar-refractivity contribution in [3.05, 3.63) is 12.2 Å². The normalized spacial score (nSPS) is 38.8. The van der Waals surface area contributed by atoms with Crippen molar-refractivity contribution in [1.82, 2.24) is 0 Å². The molecule has 4 heteroatoms. The van der Waals surface area contributed by atoms with Gasteiger partial charge in [0.25, 0.3) is 0 Å². The van der Waals surface area contributed by atoms with Crippen molar-refractivity contribution in [3.63, 3.8) is 0 Å². The van der Waals surface area contributed by atoms with Gasteiger partial charge < -0.3 is 9.47 Å². The zero-order chi connectivity index (χ0) is 18.3. The summed E-state index contributed by atoms with van der Waals surface area (Å²) < 4.78 is 11.4. The van der Waals surface area contributed by atoms with E-state index in [1.165, 1.54) is 64.2 Å². The number of esters is 2. The minimum atomic E-state index is -0.515. The van der Waals surface area contributed by atoms with Crippen molar-refractivity contribution in [1.29, 1.82) is 0 Å². The van der Waals surface area contributed by atoms with Gasteiger partial charge in [-0.1, -0.05) is 25.8 Å². The highest BCUT2D eigenvalue weighted by Gasteiger charge is 2.62. The van der Waals surface area contributed by atoms with Gasteiger partial charge in [0, 0.05) is 5.57 Å². The van der Waals surface area contributed by atoms with E-state index in [9.17, 15) is 9.59 Å². The molecule has 0 amide bonds. The lowest BCUT2D eigenvalue weighted by atomic mass is 9.46. The van der Waals surface area contributed by atoms with Crippen LogP contribution in [0.15, 0.2) is 12.2 Å². The summed E-state index contributed by atoms with van der Waals surface area (Å²) in [4.78, 5) is 24.3. The average molecular weight is 360 g/mol. The SMILES string of the molecule is C=C(C)C(=O)OCC(=O)OC1(C2CCCCC2)C2CC3CC(C2)CC1C3. The van der Waals surface area contributed by atoms with Crippen LogP contribution in [0.1, 0.15) is 71.1 Å². The second-order valence-electron chi connectivity index (χ2n) is 9.32. The van der Waals surface area contributed by atoms with E-state index in [-0.39, 0.29) is 18.2 Å². The lowest BCUT2D eigenvalue weighted by molar-refractivity contribution is -0.234. The molecule has 0 N–H and O–H groups in total. The average Bonchev–Trinajstić information content (AvgIpc) is 2.63. The molecule has 4 nitrogen and oxygen atoms in total. The molecule has 0 aromatic carbocycles. The van der Waals surface area contributed by atoms with Crippen LogP contribution in [0, 0.1) is 29.6 Å². The van der Waals surface area contributed by atoms with Crippen molar-refractivity contribution in [3.8, 4) is 0 Å². The zero-order valence-corrected chi connectivity index (χ0v) is 16.0. The molecular formula is C22H32O4. The van der Waals surface area contributed by atoms with Gasteiger partial charge in [0.15, 0.2) is 6.61 Å². The Kier molecular flexibility index (Phi) is 4.87. The summed E-state index contributed by atoms with van der Waals surface area (Å²) in [6.07, 6.45) is 12.5. The van der Waals surface area contributed by atoms with Gasteiger partial charge in [-0.25, -0.2) is 9.59 Å². The molecule has 5 aliphatic rings. The van der Waals surface area contributed by atoms with E-state index in [4.69, 9.17) is 9.47 Å². The van der Waals surface area contributed by atoms with Gasteiger partial charge in [0.05, 0.1) is 0 Å². The van der Waals surface area contributed by atoms with Crippen LogP contribution in [0.5, 0.6) is 0 Å². The largest absolute Gasteiger partial charge is 0.456 e. The monoisotopic (exact) mass is 360 g/mol. The molecule has 5 fully saturated rings. The van der Waals surface area contributed by atoms with E-state index in [0.717, 1.165) is 11.8 Å². The first-order valence-electron chi connectivity index (χ1n) is 10.5. The Hall–Kier alpha value is -1.32. The van der Waals surface area contributed by atoms with Gasteiger partial charge in [-0.15, -0.1) is 0 Å². The van der Waals surface area contributed by atoms with Gasteiger partial charge in [0.2, 0.25) is 0 Å². The van der Waals surface area contributed by atoms with Crippen LogP contribution < -0.4 is 0 Å². The Morgan fingerprint density at radius 3 is 2.04 bits per heavy atom. The first-order valence-corrected chi connectivity index (χ1v) is 10.5. The molecule has 0 saturated heterocycles. The van der Waals surface area contributed by atoms with Crippen molar-refractivity contribution >= 4 is 11.9 Å². The molecule has 0 radical (unpaired) electrons. The molecule has 0 atom stereocenters. The fourth-order valence-electron chi connectivity index (χ4n) is 6.87. The molecule has 0 aliphatic heterocycles. The van der Waals surface area contributed by atoms with E-state index >= 15 is 0 Å². The molecular weight excluding hydrogens is 328 g/mol. The third kappa shape index (κ3) is 3.10. The number of carbonyl (C=O) groups excluding carboxylic acids is 2. The molecule has 0 aromatic heterocycles. The zero-order valence-electron chi connectivity index (χ0n) is 16.0. The van der Waals surface area contributed by atoms with E-state index in [0.29, 0.717) is 23.3 Å². The lowest BCUT2D eigenvalue weighted by Crippen LogP contribution is -2.63. The Bertz CT molecular complexity index is 553. The van der Waals surface area contributed by atoms with Crippen LogP contribution in [0.4, 0.5) is 0 Å². The van der Waals surface area contributed by atoms with Gasteiger partial charge in [0.1, 0.15) is 5.60 Å². The summed E-state index contributed by atoms with van der Waals surface area (Å²) in [5.74, 6) is 2.33. The topological polar surface area (TPSA) is 52.6 Å². The summed E-state index contributed by atoms with van der Waals surface area (Å²) in [5, 5.41) is 0. The van der Waals surface area contributed by atoms with Crippen molar-refractivity contribution in [2.24, 2.45) is 29.6 Å². The molecule has 0 unspecified atom stereocenters. The van der Waals surface area contributed by atoms with E-state index in [1.54, 1.807) is 6.92 Å². The second kappa shape index (κ2) is 7.01. The molecule has 144 valence electrons. The molecule has 0 spiro atoms. The highest BCUT2D eigenvalue weighted by atomic mass is 16.6. The Morgan fingerprint density at radius 2 is 1.50 bits per heavy atom. The first kappa shape index (κ1) is 18.1. The molecule has 0 aromatic rings. The summed E-state index contributed by atoms with van der Waals surface area (Å²) in [6, 6.07) is 0. The van der Waals surface area contributed by atoms with Crippen LogP contribution in [-0.2, 0) is 19.1 Å². The fraction of sp³-hybridized carbons (Fsp3) is 0.818. The Morgan fingerprint density at radius 1 is 0.923 bits per heavy atom. The minimum absolute atomic E-state index is 0.285. The summed E-state index contributed by atoms with van der Waals surface area (Å²) in [5.41, 5.74) is 0.0232. The summed E-state index contributed by atoms with van der Waals surface area (Å²) in [7, 11) is 0. The minimum Gasteiger partial charge on any atom is -0.456 e. The van der Waals surface area contributed by atoms with Crippen LogP contribution in [0.25, 0.3) is 0 Å². The molecule has 5 saturated carbocycles. The molecule has 5 aliphatic carbocycles. The number of carbonyl (C=O) groups is 2. The van der Waals surface area contributed by atoms with Crippen LogP contribution >= 0.6 is 0 Å². The third-order valence-electron chi connectivity index (χ3n) is 7.62. The smallest absolute Gasteiger partial charge is 0.344 e. The maximum atomic E-state index is 12.7. The molecule has 0 heterocycles. The number of rotatable bonds is 5. The highest BCUT2D eigenvalue weighted by molar-refractivity contribution is 5.88. The number of hydrogen-bond donors (Lipinski definition) is 0. The fourth-order valence-corrected chi connectivity index (χ4v) is 6.87. The molecule has 4 bridgehead atoms. The maximum Gasteiger partial charge on any atom is 0.344 e. The van der Waals surface area contributed by atoms with Crippen molar-refractivity contribution in [2.45, 2.75) is 76.7 Å². The van der Waals surface area contributed by atoms with Gasteiger partial charge in [-0.3, -0.25) is 0 Å². The van der Waals surface area contributed by atoms with Crippen LogP contribution in [0.3, 0.4) is 0 Å². The van der Waals surface area contributed by atoms with Crippen molar-refractivity contribution in [2.75, 3.05) is 6.61 Å². The second-order valence-corrected chi connectivity index (χ2v) is 9.32. The first-order chi connectivity index (χ1) is 12.5. The quantitative estimate of drug-likeness (QED) is 0.538. The summed E-state index contributed by atoms with van der Waals surface area (Å²) >= 11 is 0. The van der Waals surface area contributed by atoms with Crippen LogP contribution in [-0.4, -0.2) is 24.1 Å². The number of ether oxygens (including phenoxy) is 2. The standard InChI is InChI=1S/C22H32O4/c1-14(2)21(24)25-13-20(23)26-22(17-6-4-3-5-7-17)18-9-15-8-16(11-18)12-19(22)10-15/h15-19H,1,3-13H2,2H3. The van der Waals surface area contributed by atoms with E-state index < -0.39 is 5.97 Å². The van der Waals surface area contributed by atoms with Crippen molar-refractivity contribution < 1.29 is 19.1 Å². The molecule has 5 rings (SSSR count). The summed E-state index contributed by atoms with van der Waals surface area (Å²) in [6.45, 7) is 4.88.